The van der Waals surface area contributed by atoms with Crippen molar-refractivity contribution in [2.45, 2.75) is 57.7 Å². The van der Waals surface area contributed by atoms with Gasteiger partial charge in [0.15, 0.2) is 0 Å². The summed E-state index contributed by atoms with van der Waals surface area (Å²) in [4.78, 5) is 0. The van der Waals surface area contributed by atoms with Gasteiger partial charge in [-0.15, -0.1) is 13.2 Å². The molecule has 2 aliphatic carbocycles. The smallest absolute Gasteiger partial charge is 0.406 e. The molecule has 2 aliphatic rings. The average Bonchev–Trinajstić information content (AvgIpc) is 2.60. The van der Waals surface area contributed by atoms with E-state index in [0.29, 0.717) is 11.3 Å². The third-order valence-corrected chi connectivity index (χ3v) is 6.48. The average molecular weight is 380 g/mol. The number of hydrogen-bond donors (Lipinski definition) is 0. The zero-order chi connectivity index (χ0) is 19.2. The normalized spacial score (nSPS) is 28.8. The van der Waals surface area contributed by atoms with Gasteiger partial charge in [0, 0.05) is 5.39 Å². The highest BCUT2D eigenvalue weighted by Crippen LogP contribution is 2.48. The van der Waals surface area contributed by atoms with Crippen LogP contribution in [-0.4, -0.2) is 6.36 Å². The fraction of sp³-hybridized carbons (Fsp3) is 0.545. The summed E-state index contributed by atoms with van der Waals surface area (Å²) in [6.07, 6.45) is 2.42. The maximum absolute atomic E-state index is 14.7. The van der Waals surface area contributed by atoms with E-state index in [1.807, 2.05) is 6.07 Å². The fourth-order valence-corrected chi connectivity index (χ4v) is 5.17. The molecule has 0 spiro atoms. The summed E-state index contributed by atoms with van der Waals surface area (Å²) in [7, 11) is 0. The van der Waals surface area contributed by atoms with Gasteiger partial charge in [0.1, 0.15) is 11.6 Å². The Balaban J connectivity index is 1.57. The molecule has 4 atom stereocenters. The molecule has 0 saturated heterocycles. The largest absolute Gasteiger partial charge is 0.573 e. The molecular formula is C22H24F4O. The second-order valence-corrected chi connectivity index (χ2v) is 8.38. The van der Waals surface area contributed by atoms with Crippen molar-refractivity contribution in [2.24, 2.45) is 17.8 Å². The summed E-state index contributed by atoms with van der Waals surface area (Å²) >= 11 is 0. The number of alkyl halides is 3. The first-order valence-electron chi connectivity index (χ1n) is 9.77. The third kappa shape index (κ3) is 4.07. The third-order valence-electron chi connectivity index (χ3n) is 6.48. The van der Waals surface area contributed by atoms with Crippen molar-refractivity contribution in [2.75, 3.05) is 0 Å². The lowest BCUT2D eigenvalue weighted by Gasteiger charge is -2.41. The highest BCUT2D eigenvalue weighted by atomic mass is 19.4. The molecule has 146 valence electrons. The van der Waals surface area contributed by atoms with Crippen LogP contribution in [0.25, 0.3) is 10.8 Å². The van der Waals surface area contributed by atoms with Crippen molar-refractivity contribution in [3.05, 3.63) is 41.7 Å². The zero-order valence-corrected chi connectivity index (χ0v) is 15.4. The SMILES string of the molecule is CC1CCC2CC(c3cc(F)c4cc(OC(F)(F)F)ccc4c3)CCC2C1. The van der Waals surface area contributed by atoms with Crippen LogP contribution in [0.1, 0.15) is 56.9 Å². The lowest BCUT2D eigenvalue weighted by molar-refractivity contribution is -0.274. The second kappa shape index (κ2) is 6.99. The van der Waals surface area contributed by atoms with Crippen molar-refractivity contribution in [1.82, 2.24) is 0 Å². The van der Waals surface area contributed by atoms with E-state index < -0.39 is 17.9 Å². The van der Waals surface area contributed by atoms with Gasteiger partial charge in [-0.2, -0.15) is 0 Å². The zero-order valence-electron chi connectivity index (χ0n) is 15.4. The molecule has 0 N–H and O–H groups in total. The van der Waals surface area contributed by atoms with Gasteiger partial charge in [-0.25, -0.2) is 4.39 Å². The maximum atomic E-state index is 14.7. The Morgan fingerprint density at radius 3 is 2.44 bits per heavy atom. The lowest BCUT2D eigenvalue weighted by Crippen LogP contribution is -2.29. The summed E-state index contributed by atoms with van der Waals surface area (Å²) < 4.78 is 55.8. The molecule has 0 aromatic heterocycles. The predicted octanol–water partition coefficient (Wildman–Crippen LogP) is 7.20. The van der Waals surface area contributed by atoms with Gasteiger partial charge in [0.2, 0.25) is 0 Å². The molecule has 2 aromatic carbocycles. The number of fused-ring (bicyclic) bond motifs is 2. The second-order valence-electron chi connectivity index (χ2n) is 8.38. The van der Waals surface area contributed by atoms with Crippen LogP contribution in [0, 0.1) is 23.6 Å². The van der Waals surface area contributed by atoms with Crippen molar-refractivity contribution >= 4 is 10.8 Å². The van der Waals surface area contributed by atoms with E-state index in [0.717, 1.165) is 42.2 Å². The summed E-state index contributed by atoms with van der Waals surface area (Å²) in [6, 6.07) is 7.33. The quantitative estimate of drug-likeness (QED) is 0.501. The standard InChI is InChI=1S/C22H24F4O/c1-13-2-3-15-9-16(5-4-14(15)8-13)18-10-17-6-7-19(27-22(24,25)26)12-20(17)21(23)11-18/h6-7,10-16H,2-5,8-9H2,1H3. The van der Waals surface area contributed by atoms with Crippen LogP contribution in [0.3, 0.4) is 0 Å². The lowest BCUT2D eigenvalue weighted by atomic mass is 9.64. The Hall–Kier alpha value is -1.78. The van der Waals surface area contributed by atoms with Crippen LogP contribution >= 0.6 is 0 Å². The van der Waals surface area contributed by atoms with Gasteiger partial charge in [-0.3, -0.25) is 0 Å². The first-order valence-corrected chi connectivity index (χ1v) is 9.77. The number of halogens is 4. The first-order chi connectivity index (χ1) is 12.8. The highest BCUT2D eigenvalue weighted by molar-refractivity contribution is 5.85. The monoisotopic (exact) mass is 380 g/mol. The van der Waals surface area contributed by atoms with E-state index >= 15 is 0 Å². The summed E-state index contributed by atoms with van der Waals surface area (Å²) in [5.74, 6) is 1.81. The minimum atomic E-state index is -4.78. The van der Waals surface area contributed by atoms with Crippen LogP contribution in [0.4, 0.5) is 17.6 Å². The van der Waals surface area contributed by atoms with Crippen molar-refractivity contribution < 1.29 is 22.3 Å². The van der Waals surface area contributed by atoms with E-state index in [-0.39, 0.29) is 5.39 Å². The molecule has 4 unspecified atom stereocenters. The minimum absolute atomic E-state index is 0.167. The maximum Gasteiger partial charge on any atom is 0.573 e. The molecular weight excluding hydrogens is 356 g/mol. The van der Waals surface area contributed by atoms with Crippen LogP contribution in [-0.2, 0) is 0 Å². The number of ether oxygens (including phenoxy) is 1. The molecule has 2 fully saturated rings. The van der Waals surface area contributed by atoms with Gasteiger partial charge < -0.3 is 4.74 Å². The molecule has 2 saturated carbocycles. The van der Waals surface area contributed by atoms with Crippen LogP contribution in [0.5, 0.6) is 5.75 Å². The van der Waals surface area contributed by atoms with E-state index in [4.69, 9.17) is 0 Å². The van der Waals surface area contributed by atoms with Crippen LogP contribution < -0.4 is 4.74 Å². The highest BCUT2D eigenvalue weighted by Gasteiger charge is 2.35. The van der Waals surface area contributed by atoms with E-state index in [1.54, 1.807) is 0 Å². The van der Waals surface area contributed by atoms with E-state index in [1.165, 1.54) is 43.9 Å². The minimum Gasteiger partial charge on any atom is -0.406 e. The van der Waals surface area contributed by atoms with Crippen molar-refractivity contribution in [3.63, 3.8) is 0 Å². The summed E-state index contributed by atoms with van der Waals surface area (Å²) in [5, 5.41) is 0.791. The number of hydrogen-bond acceptors (Lipinski definition) is 1. The molecule has 0 aliphatic heterocycles. The van der Waals surface area contributed by atoms with Crippen LogP contribution in [0.2, 0.25) is 0 Å². The molecule has 0 heterocycles. The van der Waals surface area contributed by atoms with Crippen LogP contribution in [0.15, 0.2) is 30.3 Å². The molecule has 4 rings (SSSR count). The Morgan fingerprint density at radius 1 is 0.926 bits per heavy atom. The van der Waals surface area contributed by atoms with Crippen molar-refractivity contribution in [1.29, 1.82) is 0 Å². The molecule has 5 heteroatoms. The molecule has 0 amide bonds. The van der Waals surface area contributed by atoms with Gasteiger partial charge >= 0.3 is 6.36 Å². The molecule has 1 nitrogen and oxygen atoms in total. The Morgan fingerprint density at radius 2 is 1.67 bits per heavy atom. The van der Waals surface area contributed by atoms with E-state index in [9.17, 15) is 17.6 Å². The van der Waals surface area contributed by atoms with Gasteiger partial charge in [0.05, 0.1) is 0 Å². The fourth-order valence-electron chi connectivity index (χ4n) is 5.17. The van der Waals surface area contributed by atoms with E-state index in [2.05, 4.69) is 11.7 Å². The summed E-state index contributed by atoms with van der Waals surface area (Å²) in [6.45, 7) is 2.33. The Kier molecular flexibility index (Phi) is 4.81. The topological polar surface area (TPSA) is 9.23 Å². The first kappa shape index (κ1) is 18.6. The summed E-state index contributed by atoms with van der Waals surface area (Å²) in [5.41, 5.74) is 0.974. The molecule has 27 heavy (non-hydrogen) atoms. The van der Waals surface area contributed by atoms with Gasteiger partial charge in [-0.1, -0.05) is 25.5 Å². The number of benzene rings is 2. The van der Waals surface area contributed by atoms with Crippen molar-refractivity contribution in [3.8, 4) is 5.75 Å². The molecule has 2 aromatic rings. The Labute approximate surface area is 156 Å². The molecule has 0 radical (unpaired) electrons. The Bertz CT molecular complexity index is 829. The molecule has 0 bridgehead atoms. The predicted molar refractivity (Wildman–Crippen MR) is 97.2 cm³/mol. The number of rotatable bonds is 2. The van der Waals surface area contributed by atoms with Gasteiger partial charge in [-0.05, 0) is 84.9 Å². The van der Waals surface area contributed by atoms with Gasteiger partial charge in [0.25, 0.3) is 0 Å².